The van der Waals surface area contributed by atoms with Gasteiger partial charge in [-0.1, -0.05) is 13.8 Å². The van der Waals surface area contributed by atoms with Crippen LogP contribution >= 0.6 is 11.6 Å². The molecule has 0 rings (SSSR count). The van der Waals surface area contributed by atoms with Crippen LogP contribution in [0.2, 0.25) is 0 Å². The molecule has 0 aromatic heterocycles. The molecule has 0 aromatic rings. The molecule has 0 aromatic carbocycles. The van der Waals surface area contributed by atoms with Crippen molar-refractivity contribution in [1.82, 2.24) is 10.2 Å². The first-order chi connectivity index (χ1) is 8.47. The van der Waals surface area contributed by atoms with Crippen LogP contribution in [0.1, 0.15) is 33.6 Å². The number of rotatable bonds is 7. The topological polar surface area (TPSA) is 58.6 Å². The number of hydrogen-bond donors (Lipinski definition) is 1. The average molecular weight is 279 g/mol. The van der Waals surface area contributed by atoms with Crippen LogP contribution in [0.15, 0.2) is 0 Å². The molecule has 0 heterocycles. The first kappa shape index (κ1) is 17.2. The molecular weight excluding hydrogens is 256 g/mol. The highest BCUT2D eigenvalue weighted by atomic mass is 35.5. The average Bonchev–Trinajstić information content (AvgIpc) is 2.34. The van der Waals surface area contributed by atoms with Crippen molar-refractivity contribution in [1.29, 1.82) is 0 Å². The highest BCUT2D eigenvalue weighted by Crippen LogP contribution is 2.09. The molecule has 1 unspecified atom stereocenters. The predicted octanol–water partition coefficient (Wildman–Crippen LogP) is 1.99. The van der Waals surface area contributed by atoms with Gasteiger partial charge in [-0.15, -0.1) is 11.6 Å². The van der Waals surface area contributed by atoms with E-state index in [1.165, 1.54) is 6.92 Å². The number of carbonyl (C=O) groups is 2. The van der Waals surface area contributed by atoms with E-state index in [-0.39, 0.29) is 6.04 Å². The van der Waals surface area contributed by atoms with E-state index in [4.69, 9.17) is 16.3 Å². The zero-order chi connectivity index (χ0) is 14.1. The lowest BCUT2D eigenvalue weighted by Crippen LogP contribution is -2.50. The maximum Gasteiger partial charge on any atom is 0.324 e. The van der Waals surface area contributed by atoms with Crippen molar-refractivity contribution in [3.8, 4) is 0 Å². The summed E-state index contributed by atoms with van der Waals surface area (Å²) in [4.78, 5) is 25.0. The number of imide groups is 1. The van der Waals surface area contributed by atoms with E-state index in [1.54, 1.807) is 12.0 Å². The fourth-order valence-corrected chi connectivity index (χ4v) is 1.70. The van der Waals surface area contributed by atoms with Gasteiger partial charge in [-0.3, -0.25) is 10.1 Å². The van der Waals surface area contributed by atoms with Gasteiger partial charge < -0.3 is 9.64 Å². The Morgan fingerprint density at radius 1 is 1.33 bits per heavy atom. The molecule has 0 spiro atoms. The van der Waals surface area contributed by atoms with E-state index in [2.05, 4.69) is 5.32 Å². The quantitative estimate of drug-likeness (QED) is 0.725. The molecule has 0 aliphatic rings. The van der Waals surface area contributed by atoms with E-state index in [9.17, 15) is 9.59 Å². The van der Waals surface area contributed by atoms with Crippen LogP contribution in [-0.2, 0) is 9.53 Å². The number of ether oxygens (including phenoxy) is 1. The first-order valence-electron chi connectivity index (χ1n) is 6.22. The number of hydrogen-bond acceptors (Lipinski definition) is 3. The van der Waals surface area contributed by atoms with Crippen molar-refractivity contribution in [2.75, 3.05) is 20.3 Å². The van der Waals surface area contributed by atoms with E-state index >= 15 is 0 Å². The number of nitrogens with zero attached hydrogens (tertiary/aromatic N) is 1. The summed E-state index contributed by atoms with van der Waals surface area (Å²) in [5.41, 5.74) is 0. The first-order valence-corrected chi connectivity index (χ1v) is 6.65. The van der Waals surface area contributed by atoms with Gasteiger partial charge in [0.25, 0.3) is 0 Å². The molecule has 106 valence electrons. The monoisotopic (exact) mass is 278 g/mol. The third kappa shape index (κ3) is 5.69. The van der Waals surface area contributed by atoms with Gasteiger partial charge in [-0.2, -0.15) is 0 Å². The van der Waals surface area contributed by atoms with E-state index in [0.29, 0.717) is 13.2 Å². The minimum Gasteiger partial charge on any atom is -0.383 e. The highest BCUT2D eigenvalue weighted by Gasteiger charge is 2.23. The van der Waals surface area contributed by atoms with Crippen LogP contribution < -0.4 is 5.32 Å². The number of methoxy groups -OCH3 is 1. The Bertz CT molecular complexity index is 268. The number of halogens is 1. The second-order valence-corrected chi connectivity index (χ2v) is 4.72. The second kappa shape index (κ2) is 9.16. The summed E-state index contributed by atoms with van der Waals surface area (Å²) in [7, 11) is 1.58. The molecule has 1 N–H and O–H groups in total. The van der Waals surface area contributed by atoms with Gasteiger partial charge in [0.05, 0.1) is 6.61 Å². The molecule has 0 radical (unpaired) electrons. The fraction of sp³-hybridized carbons (Fsp3) is 0.833. The summed E-state index contributed by atoms with van der Waals surface area (Å²) in [6.45, 7) is 6.44. The Balaban J connectivity index is 4.62. The molecule has 0 saturated carbocycles. The highest BCUT2D eigenvalue weighted by molar-refractivity contribution is 6.31. The van der Waals surface area contributed by atoms with Crippen LogP contribution in [0.3, 0.4) is 0 Å². The zero-order valence-corrected chi connectivity index (χ0v) is 12.3. The maximum absolute atomic E-state index is 12.0. The summed E-state index contributed by atoms with van der Waals surface area (Å²) in [5, 5.41) is 1.58. The predicted molar refractivity (Wildman–Crippen MR) is 71.8 cm³/mol. The fourth-order valence-electron chi connectivity index (χ4n) is 1.65. The van der Waals surface area contributed by atoms with Crippen LogP contribution in [0.5, 0.6) is 0 Å². The number of carbonyl (C=O) groups excluding carboxylic acids is 2. The van der Waals surface area contributed by atoms with E-state index < -0.39 is 17.3 Å². The van der Waals surface area contributed by atoms with Gasteiger partial charge >= 0.3 is 6.03 Å². The van der Waals surface area contributed by atoms with Crippen molar-refractivity contribution in [3.63, 3.8) is 0 Å². The normalized spacial score (nSPS) is 12.3. The SMILES string of the molecule is CCC(CC)N(CCOC)C(=O)NC(=O)C(C)Cl. The van der Waals surface area contributed by atoms with Crippen molar-refractivity contribution in [3.05, 3.63) is 0 Å². The third-order valence-corrected chi connectivity index (χ3v) is 2.97. The smallest absolute Gasteiger partial charge is 0.324 e. The molecule has 5 nitrogen and oxygen atoms in total. The molecule has 0 saturated heterocycles. The lowest BCUT2D eigenvalue weighted by Gasteiger charge is -2.30. The Hall–Kier alpha value is -0.810. The molecule has 18 heavy (non-hydrogen) atoms. The summed E-state index contributed by atoms with van der Waals surface area (Å²) in [5.74, 6) is -0.477. The van der Waals surface area contributed by atoms with Gasteiger partial charge in [0, 0.05) is 19.7 Å². The zero-order valence-electron chi connectivity index (χ0n) is 11.5. The summed E-state index contributed by atoms with van der Waals surface area (Å²) in [6, 6.07) is -0.308. The summed E-state index contributed by atoms with van der Waals surface area (Å²) >= 11 is 5.62. The molecule has 0 fully saturated rings. The summed E-state index contributed by atoms with van der Waals surface area (Å²) in [6.07, 6.45) is 1.66. The Kier molecular flexibility index (Phi) is 8.75. The molecule has 6 heteroatoms. The lowest BCUT2D eigenvalue weighted by atomic mass is 10.1. The third-order valence-electron chi connectivity index (χ3n) is 2.77. The van der Waals surface area contributed by atoms with Crippen molar-refractivity contribution in [2.45, 2.75) is 45.0 Å². The lowest BCUT2D eigenvalue weighted by molar-refractivity contribution is -0.119. The molecule has 1 atom stereocenters. The van der Waals surface area contributed by atoms with Crippen molar-refractivity contribution >= 4 is 23.5 Å². The molecule has 0 bridgehead atoms. The molecule has 3 amide bonds. The minimum absolute atomic E-state index is 0.0959. The second-order valence-electron chi connectivity index (χ2n) is 4.07. The van der Waals surface area contributed by atoms with Crippen molar-refractivity contribution in [2.24, 2.45) is 0 Å². The molecule has 0 aliphatic heterocycles. The standard InChI is InChI=1S/C12H23ClN2O3/c1-5-10(6-2)15(7-8-18-4)12(17)14-11(16)9(3)13/h9-10H,5-8H2,1-4H3,(H,14,16,17). The van der Waals surface area contributed by atoms with Gasteiger partial charge in [0.2, 0.25) is 5.91 Å². The summed E-state index contributed by atoms with van der Waals surface area (Å²) < 4.78 is 4.98. The van der Waals surface area contributed by atoms with Crippen molar-refractivity contribution < 1.29 is 14.3 Å². The number of nitrogens with one attached hydrogen (secondary N) is 1. The van der Waals surface area contributed by atoms with Gasteiger partial charge in [-0.25, -0.2) is 4.79 Å². The number of alkyl halides is 1. The number of urea groups is 1. The van der Waals surface area contributed by atoms with Crippen LogP contribution in [-0.4, -0.2) is 48.5 Å². The Morgan fingerprint density at radius 3 is 2.28 bits per heavy atom. The van der Waals surface area contributed by atoms with E-state index in [0.717, 1.165) is 12.8 Å². The van der Waals surface area contributed by atoms with E-state index in [1.807, 2.05) is 13.8 Å². The largest absolute Gasteiger partial charge is 0.383 e. The van der Waals surface area contributed by atoms with Gasteiger partial charge in [-0.05, 0) is 19.8 Å². The molecule has 0 aliphatic carbocycles. The Labute approximate surface area is 114 Å². The Morgan fingerprint density at radius 2 is 1.89 bits per heavy atom. The van der Waals surface area contributed by atoms with Crippen LogP contribution in [0.4, 0.5) is 4.79 Å². The van der Waals surface area contributed by atoms with Gasteiger partial charge in [0.1, 0.15) is 5.38 Å². The van der Waals surface area contributed by atoms with Gasteiger partial charge in [0.15, 0.2) is 0 Å². The molecular formula is C12H23ClN2O3. The number of amides is 3. The van der Waals surface area contributed by atoms with Crippen LogP contribution in [0.25, 0.3) is 0 Å². The minimum atomic E-state index is -0.722. The maximum atomic E-state index is 12.0. The van der Waals surface area contributed by atoms with Crippen LogP contribution in [0, 0.1) is 0 Å².